The van der Waals surface area contributed by atoms with Crippen molar-refractivity contribution in [1.82, 2.24) is 15.0 Å². The molecule has 1 aromatic carbocycles. The maximum absolute atomic E-state index is 13.5. The smallest absolute Gasteiger partial charge is 0.365 e. The first-order chi connectivity index (χ1) is 15.9. The normalized spacial score (nSPS) is 12.8. The largest absolute Gasteiger partial charge is 0.421 e. The molecular formula is C19H20F3N6O4PS. The number of anilines is 4. The highest BCUT2D eigenvalue weighted by Crippen LogP contribution is 2.35. The monoisotopic (exact) mass is 516 g/mol. The fourth-order valence-electron chi connectivity index (χ4n) is 2.80. The van der Waals surface area contributed by atoms with E-state index in [9.17, 15) is 31.7 Å². The van der Waals surface area contributed by atoms with E-state index in [1.54, 1.807) is 19.2 Å². The molecule has 3 aromatic rings. The van der Waals surface area contributed by atoms with Gasteiger partial charge in [-0.15, -0.1) is 0 Å². The van der Waals surface area contributed by atoms with Crippen LogP contribution >= 0.6 is 7.60 Å². The van der Waals surface area contributed by atoms with Crippen molar-refractivity contribution < 1.29 is 31.7 Å². The lowest BCUT2D eigenvalue weighted by molar-refractivity contribution is -0.137. The summed E-state index contributed by atoms with van der Waals surface area (Å²) in [6.45, 7) is -0.0960. The highest BCUT2D eigenvalue weighted by Gasteiger charge is 2.35. The zero-order chi connectivity index (χ0) is 25.1. The van der Waals surface area contributed by atoms with E-state index in [-0.39, 0.29) is 17.8 Å². The lowest BCUT2D eigenvalue weighted by atomic mass is 10.2. The third-order valence-electron chi connectivity index (χ3n) is 4.55. The van der Waals surface area contributed by atoms with Gasteiger partial charge in [-0.2, -0.15) is 18.2 Å². The fraction of sp³-hybridized carbons (Fsp3) is 0.211. The molecule has 0 aliphatic rings. The zero-order valence-corrected chi connectivity index (χ0v) is 19.5. The van der Waals surface area contributed by atoms with Gasteiger partial charge in [0.05, 0.1) is 5.30 Å². The molecule has 0 radical (unpaired) electrons. The van der Waals surface area contributed by atoms with Crippen molar-refractivity contribution in [3.8, 4) is 0 Å². The number of nitrogens with zero attached hydrogens (tertiary/aromatic N) is 4. The van der Waals surface area contributed by atoms with Crippen LogP contribution in [0.1, 0.15) is 11.1 Å². The van der Waals surface area contributed by atoms with Crippen molar-refractivity contribution in [3.05, 3.63) is 59.9 Å². The van der Waals surface area contributed by atoms with Gasteiger partial charge in [0, 0.05) is 43.5 Å². The third kappa shape index (κ3) is 6.29. The van der Waals surface area contributed by atoms with E-state index in [1.807, 2.05) is 0 Å². The molecule has 1 atom stereocenters. The van der Waals surface area contributed by atoms with Crippen LogP contribution in [0.3, 0.4) is 0 Å². The van der Waals surface area contributed by atoms with Crippen LogP contribution in [-0.4, -0.2) is 42.3 Å². The number of benzene rings is 1. The summed E-state index contributed by atoms with van der Waals surface area (Å²) in [5.41, 5.74) is -0.285. The average molecular weight is 516 g/mol. The second-order valence-corrected chi connectivity index (χ2v) is 9.93. The predicted molar refractivity (Wildman–Crippen MR) is 122 cm³/mol. The number of pyridine rings is 1. The van der Waals surface area contributed by atoms with Gasteiger partial charge in [0.15, 0.2) is 0 Å². The summed E-state index contributed by atoms with van der Waals surface area (Å²) in [4.78, 5) is 30.1. The summed E-state index contributed by atoms with van der Waals surface area (Å²) in [6, 6.07) is 8.28. The van der Waals surface area contributed by atoms with E-state index in [4.69, 9.17) is 0 Å². The molecule has 0 aliphatic heterocycles. The highest BCUT2D eigenvalue weighted by atomic mass is 32.2. The number of nitrogens with one attached hydrogen (secondary N) is 2. The molecule has 0 spiro atoms. The van der Waals surface area contributed by atoms with Crippen LogP contribution in [0.25, 0.3) is 0 Å². The van der Waals surface area contributed by atoms with Crippen LogP contribution < -0.4 is 20.2 Å². The topological polar surface area (TPSA) is 141 Å². The van der Waals surface area contributed by atoms with E-state index in [1.165, 1.54) is 41.0 Å². The lowest BCUT2D eigenvalue weighted by Gasteiger charge is -2.19. The minimum Gasteiger partial charge on any atom is -0.365 e. The highest BCUT2D eigenvalue weighted by molar-refractivity contribution is 7.85. The predicted octanol–water partition coefficient (Wildman–Crippen LogP) is 2.78. The van der Waals surface area contributed by atoms with Crippen molar-refractivity contribution >= 4 is 47.2 Å². The molecule has 0 saturated heterocycles. The van der Waals surface area contributed by atoms with Gasteiger partial charge in [-0.3, -0.25) is 8.87 Å². The summed E-state index contributed by atoms with van der Waals surface area (Å²) in [5, 5.41) is 5.14. The van der Waals surface area contributed by atoms with Crippen molar-refractivity contribution in [3.63, 3.8) is 0 Å². The van der Waals surface area contributed by atoms with Gasteiger partial charge in [-0.05, 0) is 30.3 Å². The minimum absolute atomic E-state index is 0.0960. The van der Waals surface area contributed by atoms with E-state index >= 15 is 0 Å². The molecule has 2 heterocycles. The maximum Gasteiger partial charge on any atom is 0.421 e. The Morgan fingerprint density at radius 3 is 2.41 bits per heavy atom. The van der Waals surface area contributed by atoms with Crippen LogP contribution in [0.2, 0.25) is 0 Å². The molecule has 10 nitrogen and oxygen atoms in total. The number of aromatic nitrogens is 3. The number of hydrogen-bond acceptors (Lipinski definition) is 7. The molecular weight excluding hydrogens is 496 g/mol. The second-order valence-electron chi connectivity index (χ2n) is 6.93. The molecule has 34 heavy (non-hydrogen) atoms. The molecule has 0 aliphatic carbocycles. The van der Waals surface area contributed by atoms with Gasteiger partial charge in [-0.25, -0.2) is 14.2 Å². The summed E-state index contributed by atoms with van der Waals surface area (Å²) in [6.07, 6.45) is -1.18. The summed E-state index contributed by atoms with van der Waals surface area (Å²) >= 11 is 0. The van der Waals surface area contributed by atoms with Gasteiger partial charge in [0.1, 0.15) is 28.2 Å². The van der Waals surface area contributed by atoms with Crippen LogP contribution in [0.15, 0.2) is 48.8 Å². The Bertz CT molecular complexity index is 1240. The standard InChI is InChI=1S/C19H20F3N6O4PS/c1-28(34(2)32)17-12(4-3-9-23-17)10-24-16-15(19(20,21)22)11-25-18(27-16)26-13-5-7-14(8-6-13)33(29,30)31/h3-9,11H,10H2,1-2H3,(H2,29,30,31)(H2,24,25,26,27). The van der Waals surface area contributed by atoms with E-state index < -0.39 is 36.1 Å². The summed E-state index contributed by atoms with van der Waals surface area (Å²) in [5.74, 6) is -0.327. The average Bonchev–Trinajstić information content (AvgIpc) is 2.76. The van der Waals surface area contributed by atoms with Crippen LogP contribution in [-0.2, 0) is 28.3 Å². The Balaban J connectivity index is 1.88. The first kappa shape index (κ1) is 25.6. The van der Waals surface area contributed by atoms with Gasteiger partial charge < -0.3 is 20.4 Å². The Morgan fingerprint density at radius 1 is 1.15 bits per heavy atom. The molecule has 1 unspecified atom stereocenters. The Hall–Kier alpha value is -3.06. The molecule has 3 rings (SSSR count). The van der Waals surface area contributed by atoms with Crippen LogP contribution in [0.4, 0.5) is 36.4 Å². The van der Waals surface area contributed by atoms with Gasteiger partial charge in [0.25, 0.3) is 0 Å². The number of rotatable bonds is 8. The SMILES string of the molecule is CN(c1ncccc1CNc1nc(Nc2ccc(P(=O)(O)O)cc2)ncc1C(F)(F)F)S(C)=O. The van der Waals surface area contributed by atoms with Crippen LogP contribution in [0.5, 0.6) is 0 Å². The van der Waals surface area contributed by atoms with Crippen molar-refractivity contribution in [2.75, 3.05) is 28.2 Å². The number of alkyl halides is 3. The third-order valence-corrected chi connectivity index (χ3v) is 6.47. The second kappa shape index (κ2) is 10.1. The first-order valence-electron chi connectivity index (χ1n) is 9.48. The van der Waals surface area contributed by atoms with Crippen molar-refractivity contribution in [1.29, 1.82) is 0 Å². The fourth-order valence-corrected chi connectivity index (χ4v) is 3.75. The molecule has 0 fully saturated rings. The van der Waals surface area contributed by atoms with Gasteiger partial charge in [0.2, 0.25) is 5.95 Å². The van der Waals surface area contributed by atoms with Gasteiger partial charge in [-0.1, -0.05) is 6.07 Å². The molecule has 0 saturated carbocycles. The quantitative estimate of drug-likeness (QED) is 0.333. The molecule has 4 N–H and O–H groups in total. The Labute approximate surface area is 195 Å². The van der Waals surface area contributed by atoms with Crippen LogP contribution in [0, 0.1) is 0 Å². The van der Waals surface area contributed by atoms with E-state index in [0.717, 1.165) is 0 Å². The van der Waals surface area contributed by atoms with Gasteiger partial charge >= 0.3 is 13.8 Å². The summed E-state index contributed by atoms with van der Waals surface area (Å²) in [7, 11) is -4.28. The zero-order valence-electron chi connectivity index (χ0n) is 17.8. The first-order valence-corrected chi connectivity index (χ1v) is 12.6. The van der Waals surface area contributed by atoms with Crippen molar-refractivity contribution in [2.24, 2.45) is 0 Å². The van der Waals surface area contributed by atoms with E-state index in [2.05, 4.69) is 25.6 Å². The van der Waals surface area contributed by atoms with E-state index in [0.29, 0.717) is 23.3 Å². The minimum atomic E-state index is -4.73. The molecule has 182 valence electrons. The number of hydrogen-bond donors (Lipinski definition) is 4. The molecule has 2 aromatic heterocycles. The molecule has 0 bridgehead atoms. The molecule has 0 amide bonds. The molecule has 15 heteroatoms. The summed E-state index contributed by atoms with van der Waals surface area (Å²) < 4.78 is 65.1. The number of halogens is 3. The Kier molecular flexibility index (Phi) is 7.56. The Morgan fingerprint density at radius 2 is 1.82 bits per heavy atom. The lowest BCUT2D eigenvalue weighted by Crippen LogP contribution is -2.22. The maximum atomic E-state index is 13.5. The van der Waals surface area contributed by atoms with Crippen molar-refractivity contribution in [2.45, 2.75) is 12.7 Å².